The summed E-state index contributed by atoms with van der Waals surface area (Å²) in [6, 6.07) is 3.88. The predicted octanol–water partition coefficient (Wildman–Crippen LogP) is 2.40. The van der Waals surface area contributed by atoms with Crippen LogP contribution in [0.1, 0.15) is 12.5 Å². The average Bonchev–Trinajstić information content (AvgIpc) is 2.35. The van der Waals surface area contributed by atoms with E-state index in [2.05, 4.69) is 24.3 Å². The molecule has 0 saturated carbocycles. The van der Waals surface area contributed by atoms with E-state index < -0.39 is 0 Å². The summed E-state index contributed by atoms with van der Waals surface area (Å²) in [4.78, 5) is 2.14. The second-order valence-corrected chi connectivity index (χ2v) is 4.93. The van der Waals surface area contributed by atoms with Crippen molar-refractivity contribution in [2.24, 2.45) is 0 Å². The van der Waals surface area contributed by atoms with E-state index in [0.29, 0.717) is 23.1 Å². The van der Waals surface area contributed by atoms with Gasteiger partial charge in [0.15, 0.2) is 11.5 Å². The van der Waals surface area contributed by atoms with Crippen LogP contribution in [0, 0.1) is 0 Å². The number of rotatable bonds is 8. The fourth-order valence-corrected chi connectivity index (χ4v) is 2.03. The SMILES string of the molecule is CCOc1cc(CNCCN(C)C)cc(Cl)c1OC. The minimum Gasteiger partial charge on any atom is -0.491 e. The van der Waals surface area contributed by atoms with Crippen LogP contribution in [0.25, 0.3) is 0 Å². The molecule has 0 aliphatic carbocycles. The summed E-state index contributed by atoms with van der Waals surface area (Å²) in [7, 11) is 5.71. The highest BCUT2D eigenvalue weighted by atomic mass is 35.5. The summed E-state index contributed by atoms with van der Waals surface area (Å²) >= 11 is 6.19. The Balaban J connectivity index is 2.68. The molecule has 5 heteroatoms. The van der Waals surface area contributed by atoms with Crippen LogP contribution in [0.4, 0.5) is 0 Å². The van der Waals surface area contributed by atoms with Crippen molar-refractivity contribution >= 4 is 11.6 Å². The largest absolute Gasteiger partial charge is 0.491 e. The third-order valence-electron chi connectivity index (χ3n) is 2.64. The number of hydrogen-bond donors (Lipinski definition) is 1. The lowest BCUT2D eigenvalue weighted by Gasteiger charge is -2.14. The zero-order chi connectivity index (χ0) is 14.3. The maximum atomic E-state index is 6.19. The molecule has 0 saturated heterocycles. The fraction of sp³-hybridized carbons (Fsp3) is 0.571. The van der Waals surface area contributed by atoms with Crippen molar-refractivity contribution in [2.45, 2.75) is 13.5 Å². The van der Waals surface area contributed by atoms with Crippen LogP contribution in [0.3, 0.4) is 0 Å². The third-order valence-corrected chi connectivity index (χ3v) is 2.92. The summed E-state index contributed by atoms with van der Waals surface area (Å²) in [6.07, 6.45) is 0. The third kappa shape index (κ3) is 5.27. The smallest absolute Gasteiger partial charge is 0.179 e. The highest BCUT2D eigenvalue weighted by Gasteiger charge is 2.11. The lowest BCUT2D eigenvalue weighted by Crippen LogP contribution is -2.26. The van der Waals surface area contributed by atoms with Gasteiger partial charge in [-0.1, -0.05) is 11.6 Å². The van der Waals surface area contributed by atoms with Gasteiger partial charge in [-0.05, 0) is 38.7 Å². The van der Waals surface area contributed by atoms with Crippen LogP contribution in [0.15, 0.2) is 12.1 Å². The summed E-state index contributed by atoms with van der Waals surface area (Å²) in [6.45, 7) is 5.22. The van der Waals surface area contributed by atoms with E-state index in [4.69, 9.17) is 21.1 Å². The quantitative estimate of drug-likeness (QED) is 0.744. The van der Waals surface area contributed by atoms with Crippen LogP contribution >= 0.6 is 11.6 Å². The second kappa shape index (κ2) is 8.25. The number of likely N-dealkylation sites (N-methyl/N-ethyl adjacent to an activating group) is 1. The normalized spacial score (nSPS) is 10.8. The molecule has 0 bridgehead atoms. The zero-order valence-corrected chi connectivity index (χ0v) is 12.9. The summed E-state index contributed by atoms with van der Waals surface area (Å²) in [5.41, 5.74) is 1.09. The van der Waals surface area contributed by atoms with Crippen molar-refractivity contribution in [1.29, 1.82) is 0 Å². The molecule has 19 heavy (non-hydrogen) atoms. The lowest BCUT2D eigenvalue weighted by atomic mass is 10.2. The van der Waals surface area contributed by atoms with Gasteiger partial charge >= 0.3 is 0 Å². The highest BCUT2D eigenvalue weighted by molar-refractivity contribution is 6.32. The topological polar surface area (TPSA) is 33.7 Å². The van der Waals surface area contributed by atoms with Crippen LogP contribution in [-0.4, -0.2) is 45.8 Å². The van der Waals surface area contributed by atoms with Gasteiger partial charge in [-0.15, -0.1) is 0 Å². The Morgan fingerprint density at radius 1 is 1.32 bits per heavy atom. The Kier molecular flexibility index (Phi) is 6.99. The lowest BCUT2D eigenvalue weighted by molar-refractivity contribution is 0.310. The molecule has 108 valence electrons. The van der Waals surface area contributed by atoms with E-state index in [9.17, 15) is 0 Å². The first kappa shape index (κ1) is 16.1. The Labute approximate surface area is 120 Å². The van der Waals surface area contributed by atoms with Gasteiger partial charge in [-0.25, -0.2) is 0 Å². The van der Waals surface area contributed by atoms with Crippen molar-refractivity contribution in [1.82, 2.24) is 10.2 Å². The van der Waals surface area contributed by atoms with Gasteiger partial charge in [0, 0.05) is 19.6 Å². The second-order valence-electron chi connectivity index (χ2n) is 4.52. The van der Waals surface area contributed by atoms with Crippen LogP contribution in [0.5, 0.6) is 11.5 Å². The molecule has 1 N–H and O–H groups in total. The van der Waals surface area contributed by atoms with Crippen molar-refractivity contribution in [3.63, 3.8) is 0 Å². The maximum absolute atomic E-state index is 6.19. The molecular weight excluding hydrogens is 264 g/mol. The summed E-state index contributed by atoms with van der Waals surface area (Å²) in [5, 5.41) is 3.95. The van der Waals surface area contributed by atoms with E-state index >= 15 is 0 Å². The van der Waals surface area contributed by atoms with Gasteiger partial charge < -0.3 is 19.7 Å². The molecule has 0 spiro atoms. The molecule has 1 rings (SSSR count). The number of methoxy groups -OCH3 is 1. The number of ether oxygens (including phenoxy) is 2. The van der Waals surface area contributed by atoms with Gasteiger partial charge in [0.1, 0.15) is 0 Å². The molecule has 0 aromatic heterocycles. The Morgan fingerprint density at radius 3 is 2.63 bits per heavy atom. The molecule has 0 aliphatic heterocycles. The number of nitrogens with zero attached hydrogens (tertiary/aromatic N) is 1. The van der Waals surface area contributed by atoms with Gasteiger partial charge in [-0.3, -0.25) is 0 Å². The highest BCUT2D eigenvalue weighted by Crippen LogP contribution is 2.36. The standard InChI is InChI=1S/C14H23ClN2O2/c1-5-19-13-9-11(8-12(15)14(13)18-4)10-16-6-7-17(2)3/h8-9,16H,5-7,10H2,1-4H3. The number of benzene rings is 1. The molecule has 0 fully saturated rings. The molecule has 1 aromatic carbocycles. The Hall–Kier alpha value is -0.970. The van der Waals surface area contributed by atoms with E-state index in [1.807, 2.05) is 19.1 Å². The van der Waals surface area contributed by atoms with E-state index in [1.54, 1.807) is 7.11 Å². The first-order valence-electron chi connectivity index (χ1n) is 6.43. The van der Waals surface area contributed by atoms with Crippen molar-refractivity contribution in [3.05, 3.63) is 22.7 Å². The van der Waals surface area contributed by atoms with Crippen LogP contribution < -0.4 is 14.8 Å². The van der Waals surface area contributed by atoms with Crippen molar-refractivity contribution in [2.75, 3.05) is 40.9 Å². The van der Waals surface area contributed by atoms with Gasteiger partial charge in [0.25, 0.3) is 0 Å². The van der Waals surface area contributed by atoms with E-state index in [0.717, 1.165) is 25.2 Å². The minimum atomic E-state index is 0.581. The zero-order valence-electron chi connectivity index (χ0n) is 12.1. The summed E-state index contributed by atoms with van der Waals surface area (Å²) < 4.78 is 10.8. The molecule has 0 atom stereocenters. The van der Waals surface area contributed by atoms with Crippen molar-refractivity contribution < 1.29 is 9.47 Å². The fourth-order valence-electron chi connectivity index (χ4n) is 1.72. The van der Waals surface area contributed by atoms with E-state index in [1.165, 1.54) is 0 Å². The molecule has 0 unspecified atom stereocenters. The molecular formula is C14H23ClN2O2. The van der Waals surface area contributed by atoms with Gasteiger partial charge in [0.05, 0.1) is 18.7 Å². The van der Waals surface area contributed by atoms with Crippen LogP contribution in [0.2, 0.25) is 5.02 Å². The van der Waals surface area contributed by atoms with Crippen molar-refractivity contribution in [3.8, 4) is 11.5 Å². The number of hydrogen-bond acceptors (Lipinski definition) is 4. The van der Waals surface area contributed by atoms with Gasteiger partial charge in [0.2, 0.25) is 0 Å². The number of nitrogens with one attached hydrogen (secondary N) is 1. The molecule has 0 aliphatic rings. The van der Waals surface area contributed by atoms with Gasteiger partial charge in [-0.2, -0.15) is 0 Å². The molecule has 0 radical (unpaired) electrons. The molecule has 1 aromatic rings. The molecule has 0 heterocycles. The van der Waals surface area contributed by atoms with E-state index in [-0.39, 0.29) is 0 Å². The number of halogens is 1. The predicted molar refractivity (Wildman–Crippen MR) is 79.4 cm³/mol. The first-order valence-corrected chi connectivity index (χ1v) is 6.81. The molecule has 0 amide bonds. The summed E-state index contributed by atoms with van der Waals surface area (Å²) in [5.74, 6) is 1.29. The monoisotopic (exact) mass is 286 g/mol. The Morgan fingerprint density at radius 2 is 2.05 bits per heavy atom. The molecule has 4 nitrogen and oxygen atoms in total. The minimum absolute atomic E-state index is 0.581. The average molecular weight is 287 g/mol. The maximum Gasteiger partial charge on any atom is 0.179 e. The first-order chi connectivity index (χ1) is 9.08. The Bertz CT molecular complexity index is 397. The van der Waals surface area contributed by atoms with Crippen LogP contribution in [-0.2, 0) is 6.54 Å².